The van der Waals surface area contributed by atoms with Crippen molar-refractivity contribution in [1.82, 2.24) is 9.80 Å². The molecule has 1 atom stereocenters. The summed E-state index contributed by atoms with van der Waals surface area (Å²) in [7, 11) is 0. The molecule has 1 aliphatic heterocycles. The summed E-state index contributed by atoms with van der Waals surface area (Å²) < 4.78 is 0. The van der Waals surface area contributed by atoms with E-state index < -0.39 is 0 Å². The first-order valence-electron chi connectivity index (χ1n) is 12.6. The number of hydrogen-bond acceptors (Lipinski definition) is 2. The van der Waals surface area contributed by atoms with Crippen molar-refractivity contribution in [3.8, 4) is 0 Å². The molecular weight excluding hydrogens is 352 g/mol. The van der Waals surface area contributed by atoms with Crippen molar-refractivity contribution in [2.75, 3.05) is 13.1 Å². The lowest BCUT2D eigenvalue weighted by Gasteiger charge is -2.32. The molecule has 0 N–H and O–H groups in total. The maximum Gasteiger partial charge on any atom is 0.127 e. The fourth-order valence-corrected chi connectivity index (χ4v) is 4.50. The average molecular weight is 399 g/mol. The summed E-state index contributed by atoms with van der Waals surface area (Å²) in [5.74, 6) is 0. The molecule has 0 fully saturated rings. The van der Waals surface area contributed by atoms with Gasteiger partial charge in [0.2, 0.25) is 0 Å². The Balaban J connectivity index is 1.47. The van der Waals surface area contributed by atoms with Crippen LogP contribution in [-0.4, -0.2) is 22.9 Å². The molecule has 1 aromatic rings. The molecule has 1 aliphatic rings. The Morgan fingerprint density at radius 2 is 1.07 bits per heavy atom. The van der Waals surface area contributed by atoms with Gasteiger partial charge in [-0.05, 0) is 18.9 Å². The second kappa shape index (κ2) is 15.4. The van der Waals surface area contributed by atoms with Crippen LogP contribution in [0.1, 0.15) is 115 Å². The largest absolute Gasteiger partial charge is 0.353 e. The van der Waals surface area contributed by atoms with Crippen molar-refractivity contribution in [3.05, 3.63) is 48.3 Å². The number of nitrogens with zero attached hydrogens (tertiary/aromatic N) is 2. The fraction of sp³-hybridized carbons (Fsp3) is 0.704. The molecule has 29 heavy (non-hydrogen) atoms. The topological polar surface area (TPSA) is 6.48 Å². The minimum Gasteiger partial charge on any atom is -0.353 e. The van der Waals surface area contributed by atoms with Crippen molar-refractivity contribution in [3.63, 3.8) is 0 Å². The lowest BCUT2D eigenvalue weighted by Crippen LogP contribution is -2.31. The smallest absolute Gasteiger partial charge is 0.127 e. The van der Waals surface area contributed by atoms with Gasteiger partial charge in [0.15, 0.2) is 0 Å². The molecule has 0 amide bonds. The van der Waals surface area contributed by atoms with Crippen LogP contribution in [0.3, 0.4) is 0 Å². The van der Waals surface area contributed by atoms with Crippen molar-refractivity contribution in [2.24, 2.45) is 0 Å². The summed E-state index contributed by atoms with van der Waals surface area (Å²) >= 11 is 0. The summed E-state index contributed by atoms with van der Waals surface area (Å²) in [6, 6.07) is 11.0. The van der Waals surface area contributed by atoms with Gasteiger partial charge in [0.25, 0.3) is 0 Å². The predicted molar refractivity (Wildman–Crippen MR) is 128 cm³/mol. The van der Waals surface area contributed by atoms with E-state index in [4.69, 9.17) is 0 Å². The van der Waals surface area contributed by atoms with Crippen LogP contribution in [0.5, 0.6) is 0 Å². The average Bonchev–Trinajstić information content (AvgIpc) is 3.17. The number of unbranched alkanes of at least 4 members (excludes halogenated alkanes) is 13. The Morgan fingerprint density at radius 3 is 1.59 bits per heavy atom. The zero-order chi connectivity index (χ0) is 20.6. The third-order valence-electron chi connectivity index (χ3n) is 6.31. The fourth-order valence-electron chi connectivity index (χ4n) is 4.50. The second-order valence-corrected chi connectivity index (χ2v) is 8.75. The minimum atomic E-state index is 0.392. The van der Waals surface area contributed by atoms with Crippen LogP contribution in [0.2, 0.25) is 0 Å². The Morgan fingerprint density at radius 1 is 0.586 bits per heavy atom. The molecular formula is C27H46N2. The molecule has 2 nitrogen and oxygen atoms in total. The van der Waals surface area contributed by atoms with E-state index in [1.807, 2.05) is 0 Å². The molecule has 2 heteroatoms. The SMILES string of the molecule is CCCCCCCCCCCCCCCCN1C=CN(CC)C1c1ccccc1. The van der Waals surface area contributed by atoms with Gasteiger partial charge in [-0.1, -0.05) is 121 Å². The monoisotopic (exact) mass is 398 g/mol. The van der Waals surface area contributed by atoms with Gasteiger partial charge in [-0.3, -0.25) is 0 Å². The first-order valence-corrected chi connectivity index (χ1v) is 12.6. The van der Waals surface area contributed by atoms with Gasteiger partial charge in [0.1, 0.15) is 6.17 Å². The van der Waals surface area contributed by atoms with Gasteiger partial charge in [-0.25, -0.2) is 0 Å². The molecule has 0 aliphatic carbocycles. The third kappa shape index (κ3) is 9.28. The van der Waals surface area contributed by atoms with E-state index in [1.165, 1.54) is 102 Å². The third-order valence-corrected chi connectivity index (χ3v) is 6.31. The normalized spacial score (nSPS) is 16.1. The van der Waals surface area contributed by atoms with Crippen molar-refractivity contribution < 1.29 is 0 Å². The van der Waals surface area contributed by atoms with Gasteiger partial charge in [0.05, 0.1) is 0 Å². The Kier molecular flexibility index (Phi) is 12.7. The zero-order valence-corrected chi connectivity index (χ0v) is 19.3. The van der Waals surface area contributed by atoms with Crippen LogP contribution in [-0.2, 0) is 0 Å². The summed E-state index contributed by atoms with van der Waals surface area (Å²) in [6.45, 7) is 6.77. The molecule has 164 valence electrons. The Hall–Kier alpha value is -1.44. The highest BCUT2D eigenvalue weighted by Gasteiger charge is 2.25. The quantitative estimate of drug-likeness (QED) is 0.244. The summed E-state index contributed by atoms with van der Waals surface area (Å²) in [6.07, 6.45) is 24.9. The summed E-state index contributed by atoms with van der Waals surface area (Å²) in [5.41, 5.74) is 1.41. The van der Waals surface area contributed by atoms with Gasteiger partial charge >= 0.3 is 0 Å². The molecule has 0 saturated heterocycles. The van der Waals surface area contributed by atoms with Gasteiger partial charge in [-0.15, -0.1) is 0 Å². The summed E-state index contributed by atoms with van der Waals surface area (Å²) in [4.78, 5) is 4.97. The van der Waals surface area contributed by atoms with Crippen LogP contribution in [0.25, 0.3) is 0 Å². The molecule has 1 unspecified atom stereocenters. The van der Waals surface area contributed by atoms with Gasteiger partial charge in [-0.2, -0.15) is 0 Å². The standard InChI is InChI=1S/C27H46N2/c1-3-5-6-7-8-9-10-11-12-13-14-15-16-20-23-29-25-24-28(4-2)27(29)26-21-18-17-19-22-26/h17-19,21-22,24-25,27H,3-16,20,23H2,1-2H3. The van der Waals surface area contributed by atoms with E-state index >= 15 is 0 Å². The number of hydrogen-bond donors (Lipinski definition) is 0. The van der Waals surface area contributed by atoms with E-state index in [1.54, 1.807) is 0 Å². The second-order valence-electron chi connectivity index (χ2n) is 8.75. The molecule has 1 heterocycles. The van der Waals surface area contributed by atoms with Crippen molar-refractivity contribution >= 4 is 0 Å². The van der Waals surface area contributed by atoms with E-state index in [0.717, 1.165) is 6.54 Å². The van der Waals surface area contributed by atoms with Crippen LogP contribution in [0, 0.1) is 0 Å². The van der Waals surface area contributed by atoms with Crippen LogP contribution in [0.4, 0.5) is 0 Å². The highest BCUT2D eigenvalue weighted by molar-refractivity contribution is 5.21. The van der Waals surface area contributed by atoms with Gasteiger partial charge in [0, 0.05) is 25.5 Å². The van der Waals surface area contributed by atoms with Crippen molar-refractivity contribution in [1.29, 1.82) is 0 Å². The van der Waals surface area contributed by atoms with E-state index in [0.29, 0.717) is 6.17 Å². The molecule has 0 aromatic heterocycles. The lowest BCUT2D eigenvalue weighted by atomic mass is 10.0. The van der Waals surface area contributed by atoms with E-state index in [-0.39, 0.29) is 0 Å². The van der Waals surface area contributed by atoms with Crippen LogP contribution < -0.4 is 0 Å². The molecule has 2 rings (SSSR count). The predicted octanol–water partition coefficient (Wildman–Crippen LogP) is 8.28. The molecule has 0 radical (unpaired) electrons. The van der Waals surface area contributed by atoms with E-state index in [9.17, 15) is 0 Å². The Bertz CT molecular complexity index is 525. The molecule has 0 bridgehead atoms. The van der Waals surface area contributed by atoms with Crippen LogP contribution >= 0.6 is 0 Å². The van der Waals surface area contributed by atoms with Crippen molar-refractivity contribution in [2.45, 2.75) is 110 Å². The highest BCUT2D eigenvalue weighted by atomic mass is 15.4. The van der Waals surface area contributed by atoms with Gasteiger partial charge < -0.3 is 9.80 Å². The first-order chi connectivity index (χ1) is 14.4. The first kappa shape index (κ1) is 23.8. The van der Waals surface area contributed by atoms with Crippen LogP contribution in [0.15, 0.2) is 42.7 Å². The molecule has 0 spiro atoms. The zero-order valence-electron chi connectivity index (χ0n) is 19.3. The maximum atomic E-state index is 2.53. The lowest BCUT2D eigenvalue weighted by molar-refractivity contribution is 0.157. The summed E-state index contributed by atoms with van der Waals surface area (Å²) in [5, 5.41) is 0. The van der Waals surface area contributed by atoms with E-state index in [2.05, 4.69) is 66.4 Å². The minimum absolute atomic E-state index is 0.392. The molecule has 1 aromatic carbocycles. The highest BCUT2D eigenvalue weighted by Crippen LogP contribution is 2.30. The Labute approximate surface area is 181 Å². The molecule has 0 saturated carbocycles. The number of benzene rings is 1. The maximum absolute atomic E-state index is 2.53. The number of rotatable bonds is 17.